The lowest BCUT2D eigenvalue weighted by molar-refractivity contribution is 0.374. The van der Waals surface area contributed by atoms with Crippen LogP contribution >= 0.6 is 0 Å². The summed E-state index contributed by atoms with van der Waals surface area (Å²) in [6, 6.07) is 16.3. The third kappa shape index (κ3) is 2.17. The van der Waals surface area contributed by atoms with Crippen LogP contribution in [0.2, 0.25) is 0 Å². The number of rotatable bonds is 1. The molecule has 0 aliphatic carbocycles. The maximum Gasteiger partial charge on any atom is 0.187 e. The molecule has 2 heterocycles. The van der Waals surface area contributed by atoms with Crippen LogP contribution in [0.3, 0.4) is 0 Å². The number of fused-ring (bicyclic) bond motifs is 3. The predicted molar refractivity (Wildman–Crippen MR) is 94.7 cm³/mol. The molecule has 1 atom stereocenters. The molecule has 0 saturated carbocycles. The van der Waals surface area contributed by atoms with E-state index in [1.165, 1.54) is 0 Å². The van der Waals surface area contributed by atoms with Crippen molar-refractivity contribution in [1.29, 1.82) is 0 Å². The zero-order chi connectivity index (χ0) is 16.7. The van der Waals surface area contributed by atoms with E-state index in [1.54, 1.807) is 0 Å². The second-order valence-electron chi connectivity index (χ2n) is 6.13. The summed E-state index contributed by atoms with van der Waals surface area (Å²) in [5.74, 6) is 0.938. The van der Waals surface area contributed by atoms with Gasteiger partial charge < -0.3 is 9.42 Å². The molecule has 1 aliphatic heterocycles. The van der Waals surface area contributed by atoms with Crippen molar-refractivity contribution in [3.8, 4) is 11.1 Å². The van der Waals surface area contributed by atoms with Gasteiger partial charge in [-0.25, -0.2) is 4.85 Å². The highest BCUT2D eigenvalue weighted by atomic mass is 16.5. The van der Waals surface area contributed by atoms with Crippen LogP contribution in [0.4, 0.5) is 17.1 Å². The van der Waals surface area contributed by atoms with Crippen molar-refractivity contribution in [1.82, 2.24) is 5.16 Å². The van der Waals surface area contributed by atoms with Crippen molar-refractivity contribution in [2.75, 3.05) is 4.90 Å². The van der Waals surface area contributed by atoms with Crippen LogP contribution in [0.15, 0.2) is 53.1 Å². The zero-order valence-electron chi connectivity index (χ0n) is 13.7. The SMILES string of the molecule is [C-]#[N+]c1ccc(N2c3ccccc3-c3c(C)noc3CC2C)cc1. The molecule has 0 radical (unpaired) electrons. The largest absolute Gasteiger partial charge is 0.360 e. The van der Waals surface area contributed by atoms with Crippen molar-refractivity contribution in [3.63, 3.8) is 0 Å². The van der Waals surface area contributed by atoms with Gasteiger partial charge in [0.2, 0.25) is 0 Å². The highest BCUT2D eigenvalue weighted by Crippen LogP contribution is 2.43. The van der Waals surface area contributed by atoms with Crippen LogP contribution < -0.4 is 4.90 Å². The Morgan fingerprint density at radius 3 is 2.67 bits per heavy atom. The van der Waals surface area contributed by atoms with Crippen molar-refractivity contribution in [2.45, 2.75) is 26.3 Å². The first kappa shape index (κ1) is 14.5. The zero-order valence-corrected chi connectivity index (χ0v) is 13.7. The van der Waals surface area contributed by atoms with Gasteiger partial charge in [0, 0.05) is 35.0 Å². The second kappa shape index (κ2) is 5.54. The molecule has 3 aromatic rings. The molecule has 0 bridgehead atoms. The van der Waals surface area contributed by atoms with E-state index in [4.69, 9.17) is 11.1 Å². The molecule has 0 spiro atoms. The summed E-state index contributed by atoms with van der Waals surface area (Å²) in [4.78, 5) is 5.80. The van der Waals surface area contributed by atoms with Gasteiger partial charge in [-0.2, -0.15) is 0 Å². The van der Waals surface area contributed by atoms with Crippen molar-refractivity contribution in [3.05, 3.63) is 71.4 Å². The number of para-hydroxylation sites is 1. The number of benzene rings is 2. The van der Waals surface area contributed by atoms with Crippen LogP contribution in [-0.4, -0.2) is 11.2 Å². The number of aromatic nitrogens is 1. The highest BCUT2D eigenvalue weighted by molar-refractivity contribution is 5.86. The molecule has 2 aromatic carbocycles. The second-order valence-corrected chi connectivity index (χ2v) is 6.13. The summed E-state index contributed by atoms with van der Waals surface area (Å²) < 4.78 is 5.60. The number of nitrogens with zero attached hydrogens (tertiary/aromatic N) is 3. The Bertz CT molecular complexity index is 934. The number of hydrogen-bond acceptors (Lipinski definition) is 3. The van der Waals surface area contributed by atoms with Crippen LogP contribution in [0.1, 0.15) is 18.4 Å². The van der Waals surface area contributed by atoms with Gasteiger partial charge in [0.1, 0.15) is 5.76 Å². The van der Waals surface area contributed by atoms with Gasteiger partial charge in [-0.05, 0) is 32.0 Å². The van der Waals surface area contributed by atoms with E-state index in [0.29, 0.717) is 5.69 Å². The number of aryl methyl sites for hydroxylation is 1. The van der Waals surface area contributed by atoms with Gasteiger partial charge >= 0.3 is 0 Å². The van der Waals surface area contributed by atoms with Crippen LogP contribution in [0.5, 0.6) is 0 Å². The summed E-state index contributed by atoms with van der Waals surface area (Å²) in [5.41, 5.74) is 6.06. The molecule has 0 fully saturated rings. The maximum atomic E-state index is 7.13. The quantitative estimate of drug-likeness (QED) is 0.573. The van der Waals surface area contributed by atoms with Crippen molar-refractivity contribution >= 4 is 17.1 Å². The van der Waals surface area contributed by atoms with Gasteiger partial charge in [0.25, 0.3) is 0 Å². The molecule has 1 aliphatic rings. The Morgan fingerprint density at radius 1 is 1.17 bits per heavy atom. The fraction of sp³-hybridized carbons (Fsp3) is 0.200. The summed E-state index contributed by atoms with van der Waals surface area (Å²) in [6.45, 7) is 11.3. The Hall–Kier alpha value is -3.06. The molecule has 0 N–H and O–H groups in total. The molecule has 24 heavy (non-hydrogen) atoms. The van der Waals surface area contributed by atoms with Crippen LogP contribution in [-0.2, 0) is 6.42 Å². The van der Waals surface area contributed by atoms with E-state index in [-0.39, 0.29) is 6.04 Å². The summed E-state index contributed by atoms with van der Waals surface area (Å²) in [6.07, 6.45) is 0.787. The van der Waals surface area contributed by atoms with E-state index in [1.807, 2.05) is 37.3 Å². The Kier molecular flexibility index (Phi) is 3.35. The molecular formula is C20H17N3O. The normalized spacial score (nSPS) is 16.0. The first-order valence-electron chi connectivity index (χ1n) is 8.00. The molecule has 4 rings (SSSR count). The number of anilines is 2. The highest BCUT2D eigenvalue weighted by Gasteiger charge is 2.29. The molecule has 4 heteroatoms. The Labute approximate surface area is 141 Å². The molecule has 0 amide bonds. The molecular weight excluding hydrogens is 298 g/mol. The first-order valence-corrected chi connectivity index (χ1v) is 8.00. The fourth-order valence-corrected chi connectivity index (χ4v) is 3.47. The third-order valence-electron chi connectivity index (χ3n) is 4.54. The summed E-state index contributed by atoms with van der Waals surface area (Å²) in [5, 5.41) is 4.17. The Morgan fingerprint density at radius 2 is 1.92 bits per heavy atom. The van der Waals surface area contributed by atoms with E-state index in [9.17, 15) is 0 Å². The van der Waals surface area contributed by atoms with Gasteiger partial charge in [-0.3, -0.25) is 0 Å². The average molecular weight is 315 g/mol. The molecule has 118 valence electrons. The summed E-state index contributed by atoms with van der Waals surface area (Å²) in [7, 11) is 0. The lowest BCUT2D eigenvalue weighted by Crippen LogP contribution is -2.29. The minimum absolute atomic E-state index is 0.221. The first-order chi connectivity index (χ1) is 11.7. The van der Waals surface area contributed by atoms with Crippen molar-refractivity contribution in [2.24, 2.45) is 0 Å². The van der Waals surface area contributed by atoms with Crippen molar-refractivity contribution < 1.29 is 4.52 Å². The van der Waals surface area contributed by atoms with E-state index in [2.05, 4.69) is 40.0 Å². The van der Waals surface area contributed by atoms with Gasteiger partial charge in [0.15, 0.2) is 5.69 Å². The average Bonchev–Trinajstić information content (AvgIpc) is 2.90. The molecule has 1 aromatic heterocycles. The third-order valence-corrected chi connectivity index (χ3v) is 4.54. The minimum atomic E-state index is 0.221. The lowest BCUT2D eigenvalue weighted by atomic mass is 10.0. The summed E-state index contributed by atoms with van der Waals surface area (Å²) >= 11 is 0. The monoisotopic (exact) mass is 315 g/mol. The van der Waals surface area contributed by atoms with Crippen LogP contribution in [0, 0.1) is 13.5 Å². The van der Waals surface area contributed by atoms with E-state index < -0.39 is 0 Å². The number of hydrogen-bond donors (Lipinski definition) is 0. The van der Waals surface area contributed by atoms with Gasteiger partial charge in [0.05, 0.1) is 12.3 Å². The molecule has 1 unspecified atom stereocenters. The lowest BCUT2D eigenvalue weighted by Gasteiger charge is -2.31. The van der Waals surface area contributed by atoms with Gasteiger partial charge in [-0.15, -0.1) is 0 Å². The minimum Gasteiger partial charge on any atom is -0.360 e. The van der Waals surface area contributed by atoms with Crippen LogP contribution in [0.25, 0.3) is 16.0 Å². The topological polar surface area (TPSA) is 33.6 Å². The van der Waals surface area contributed by atoms with E-state index in [0.717, 1.165) is 40.4 Å². The van der Waals surface area contributed by atoms with E-state index >= 15 is 0 Å². The maximum absolute atomic E-state index is 7.13. The molecule has 0 saturated heterocycles. The smallest absolute Gasteiger partial charge is 0.187 e. The Balaban J connectivity index is 1.92. The fourth-order valence-electron chi connectivity index (χ4n) is 3.47. The predicted octanol–water partition coefficient (Wildman–Crippen LogP) is 5.28. The van der Waals surface area contributed by atoms with Gasteiger partial charge in [-0.1, -0.05) is 35.5 Å². The standard InChI is InChI=1S/C20H17N3O/c1-13-12-19-20(14(2)22-24-19)17-6-4-5-7-18(17)23(13)16-10-8-15(21-3)9-11-16/h4-11,13H,12H2,1-2H3. The molecule has 4 nitrogen and oxygen atoms in total.